The fraction of sp³-hybridized carbons (Fsp3) is 0.462. The average molecular weight is 272 g/mol. The van der Waals surface area contributed by atoms with Crippen molar-refractivity contribution < 1.29 is 14.6 Å². The van der Waals surface area contributed by atoms with Crippen LogP contribution in [0, 0.1) is 6.92 Å². The van der Waals surface area contributed by atoms with E-state index in [1.165, 1.54) is 0 Å². The molecule has 18 heavy (non-hydrogen) atoms. The number of benzene rings is 1. The Kier molecular flexibility index (Phi) is 5.95. The standard InChI is InChI=1S/C13H18ClNO3/c1-9-11(4-3-5-12(9)16)13(17)15-10(6-7-14)8-18-2/h3-5,10,16H,6-8H2,1-2H3,(H,15,17). The van der Waals surface area contributed by atoms with Crippen LogP contribution in [0.2, 0.25) is 0 Å². The highest BCUT2D eigenvalue weighted by molar-refractivity contribution is 6.17. The Morgan fingerprint density at radius 2 is 2.28 bits per heavy atom. The second kappa shape index (κ2) is 7.24. The van der Waals surface area contributed by atoms with E-state index in [0.29, 0.717) is 30.0 Å². The van der Waals surface area contributed by atoms with Crippen molar-refractivity contribution in [1.82, 2.24) is 5.32 Å². The zero-order valence-electron chi connectivity index (χ0n) is 10.6. The van der Waals surface area contributed by atoms with Crippen LogP contribution in [0.4, 0.5) is 0 Å². The van der Waals surface area contributed by atoms with Crippen molar-refractivity contribution in [1.29, 1.82) is 0 Å². The molecule has 1 unspecified atom stereocenters. The van der Waals surface area contributed by atoms with Crippen LogP contribution in [0.5, 0.6) is 5.75 Å². The van der Waals surface area contributed by atoms with Crippen LogP contribution in [-0.4, -0.2) is 36.7 Å². The normalized spacial score (nSPS) is 12.2. The number of carbonyl (C=O) groups excluding carboxylic acids is 1. The number of alkyl halides is 1. The van der Waals surface area contributed by atoms with Gasteiger partial charge in [0.15, 0.2) is 0 Å². The van der Waals surface area contributed by atoms with E-state index in [1.54, 1.807) is 32.2 Å². The quantitative estimate of drug-likeness (QED) is 0.779. The van der Waals surface area contributed by atoms with E-state index in [2.05, 4.69) is 5.32 Å². The zero-order valence-corrected chi connectivity index (χ0v) is 11.3. The molecule has 0 aliphatic heterocycles. The monoisotopic (exact) mass is 271 g/mol. The summed E-state index contributed by atoms with van der Waals surface area (Å²) < 4.78 is 5.02. The van der Waals surface area contributed by atoms with Crippen molar-refractivity contribution in [2.75, 3.05) is 19.6 Å². The molecule has 0 heterocycles. The lowest BCUT2D eigenvalue weighted by Gasteiger charge is -2.17. The maximum atomic E-state index is 12.1. The smallest absolute Gasteiger partial charge is 0.251 e. The Bertz CT molecular complexity index is 403. The summed E-state index contributed by atoms with van der Waals surface area (Å²) in [5.41, 5.74) is 1.03. The van der Waals surface area contributed by atoms with Gasteiger partial charge in [0.2, 0.25) is 0 Å². The molecular weight excluding hydrogens is 254 g/mol. The van der Waals surface area contributed by atoms with Gasteiger partial charge in [-0.1, -0.05) is 6.07 Å². The minimum Gasteiger partial charge on any atom is -0.508 e. The number of ether oxygens (including phenoxy) is 1. The zero-order chi connectivity index (χ0) is 13.5. The maximum absolute atomic E-state index is 12.1. The number of methoxy groups -OCH3 is 1. The molecule has 1 amide bonds. The topological polar surface area (TPSA) is 58.6 Å². The first-order chi connectivity index (χ1) is 8.60. The van der Waals surface area contributed by atoms with E-state index in [-0.39, 0.29) is 17.7 Å². The van der Waals surface area contributed by atoms with Crippen molar-refractivity contribution in [3.63, 3.8) is 0 Å². The van der Waals surface area contributed by atoms with E-state index in [4.69, 9.17) is 16.3 Å². The number of phenolic OH excluding ortho intramolecular Hbond substituents is 1. The number of halogens is 1. The third-order valence-electron chi connectivity index (χ3n) is 2.71. The van der Waals surface area contributed by atoms with Crippen molar-refractivity contribution in [3.8, 4) is 5.75 Å². The minimum absolute atomic E-state index is 0.114. The lowest BCUT2D eigenvalue weighted by Crippen LogP contribution is -2.38. The van der Waals surface area contributed by atoms with Crippen LogP contribution in [0.3, 0.4) is 0 Å². The van der Waals surface area contributed by atoms with Gasteiger partial charge in [-0.25, -0.2) is 0 Å². The van der Waals surface area contributed by atoms with Crippen molar-refractivity contribution in [3.05, 3.63) is 29.3 Å². The number of nitrogens with one attached hydrogen (secondary N) is 1. The highest BCUT2D eigenvalue weighted by Gasteiger charge is 2.16. The highest BCUT2D eigenvalue weighted by Crippen LogP contribution is 2.19. The molecule has 0 saturated heterocycles. The van der Waals surface area contributed by atoms with Crippen LogP contribution in [0.25, 0.3) is 0 Å². The van der Waals surface area contributed by atoms with Gasteiger partial charge in [0.05, 0.1) is 12.6 Å². The highest BCUT2D eigenvalue weighted by atomic mass is 35.5. The largest absolute Gasteiger partial charge is 0.508 e. The molecule has 1 atom stereocenters. The summed E-state index contributed by atoms with van der Waals surface area (Å²) in [5, 5.41) is 12.4. The first-order valence-corrected chi connectivity index (χ1v) is 6.28. The second-order valence-corrected chi connectivity index (χ2v) is 4.43. The molecule has 0 saturated carbocycles. The molecule has 0 aromatic heterocycles. The summed E-state index contributed by atoms with van der Waals surface area (Å²) >= 11 is 5.67. The summed E-state index contributed by atoms with van der Waals surface area (Å²) in [6, 6.07) is 4.75. The number of carbonyl (C=O) groups is 1. The van der Waals surface area contributed by atoms with Crippen molar-refractivity contribution in [2.45, 2.75) is 19.4 Å². The van der Waals surface area contributed by atoms with E-state index in [0.717, 1.165) is 0 Å². The van der Waals surface area contributed by atoms with Crippen LogP contribution >= 0.6 is 11.6 Å². The molecule has 0 bridgehead atoms. The molecule has 1 rings (SSSR count). The molecule has 1 aromatic carbocycles. The van der Waals surface area contributed by atoms with E-state index >= 15 is 0 Å². The van der Waals surface area contributed by atoms with Crippen molar-refractivity contribution in [2.24, 2.45) is 0 Å². The minimum atomic E-state index is -0.226. The molecule has 100 valence electrons. The summed E-state index contributed by atoms with van der Waals surface area (Å²) in [5.74, 6) is 0.340. The Morgan fingerprint density at radius 3 is 2.89 bits per heavy atom. The lowest BCUT2D eigenvalue weighted by atomic mass is 10.1. The number of aromatic hydroxyl groups is 1. The van der Waals surface area contributed by atoms with Gasteiger partial charge in [0.1, 0.15) is 5.75 Å². The average Bonchev–Trinajstić information content (AvgIpc) is 2.33. The van der Waals surface area contributed by atoms with E-state index in [1.807, 2.05) is 0 Å². The molecule has 1 aromatic rings. The van der Waals surface area contributed by atoms with Gasteiger partial charge >= 0.3 is 0 Å². The van der Waals surface area contributed by atoms with Gasteiger partial charge in [-0.15, -0.1) is 11.6 Å². The lowest BCUT2D eigenvalue weighted by molar-refractivity contribution is 0.0894. The fourth-order valence-electron chi connectivity index (χ4n) is 1.66. The third kappa shape index (κ3) is 3.89. The molecule has 4 nitrogen and oxygen atoms in total. The first kappa shape index (κ1) is 14.8. The second-order valence-electron chi connectivity index (χ2n) is 4.05. The van der Waals surface area contributed by atoms with Crippen molar-refractivity contribution >= 4 is 17.5 Å². The van der Waals surface area contributed by atoms with Crippen LogP contribution in [-0.2, 0) is 4.74 Å². The van der Waals surface area contributed by atoms with E-state index in [9.17, 15) is 9.90 Å². The Hall–Kier alpha value is -1.26. The molecule has 2 N–H and O–H groups in total. The SMILES string of the molecule is COCC(CCCl)NC(=O)c1cccc(O)c1C. The summed E-state index contributed by atoms with van der Waals surface area (Å²) in [6.45, 7) is 2.12. The van der Waals surface area contributed by atoms with Gasteiger partial charge in [-0.2, -0.15) is 0 Å². The molecule has 0 spiro atoms. The number of hydrogen-bond donors (Lipinski definition) is 2. The number of phenols is 1. The van der Waals surface area contributed by atoms with Gasteiger partial charge in [0, 0.05) is 24.1 Å². The molecule has 0 aliphatic rings. The van der Waals surface area contributed by atoms with Gasteiger partial charge in [-0.3, -0.25) is 4.79 Å². The van der Waals surface area contributed by atoms with Crippen LogP contribution in [0.1, 0.15) is 22.3 Å². The first-order valence-electron chi connectivity index (χ1n) is 5.74. The Morgan fingerprint density at radius 1 is 1.56 bits per heavy atom. The Labute approximate surface area is 112 Å². The summed E-state index contributed by atoms with van der Waals surface area (Å²) in [4.78, 5) is 12.1. The molecule has 5 heteroatoms. The van der Waals surface area contributed by atoms with Crippen LogP contribution in [0.15, 0.2) is 18.2 Å². The summed E-state index contributed by atoms with van der Waals surface area (Å²) in [6.07, 6.45) is 0.638. The Balaban J connectivity index is 2.77. The summed E-state index contributed by atoms with van der Waals surface area (Å²) in [7, 11) is 1.58. The van der Waals surface area contributed by atoms with Crippen LogP contribution < -0.4 is 5.32 Å². The third-order valence-corrected chi connectivity index (χ3v) is 2.93. The van der Waals surface area contributed by atoms with Gasteiger partial charge in [-0.05, 0) is 25.5 Å². The molecular formula is C13H18ClNO3. The van der Waals surface area contributed by atoms with Gasteiger partial charge < -0.3 is 15.2 Å². The van der Waals surface area contributed by atoms with E-state index < -0.39 is 0 Å². The molecule has 0 fully saturated rings. The number of rotatable bonds is 6. The molecule has 0 radical (unpaired) electrons. The number of amides is 1. The maximum Gasteiger partial charge on any atom is 0.251 e. The number of hydrogen-bond acceptors (Lipinski definition) is 3. The predicted octanol–water partition coefficient (Wildman–Crippen LogP) is 2.07. The predicted molar refractivity (Wildman–Crippen MR) is 71.3 cm³/mol. The molecule has 0 aliphatic carbocycles. The van der Waals surface area contributed by atoms with Gasteiger partial charge in [0.25, 0.3) is 5.91 Å². The fourth-order valence-corrected chi connectivity index (χ4v) is 1.93.